The fraction of sp³-hybridized carbons (Fsp3) is 0.455. The van der Waals surface area contributed by atoms with Gasteiger partial charge in [0.05, 0.1) is 0 Å². The average molecular weight is 341 g/mol. The molecule has 0 radical (unpaired) electrons. The van der Waals surface area contributed by atoms with Gasteiger partial charge in [-0.15, -0.1) is 0 Å². The predicted molar refractivity (Wildman–Crippen MR) is 96.3 cm³/mol. The summed E-state index contributed by atoms with van der Waals surface area (Å²) < 4.78 is 0. The van der Waals surface area contributed by atoms with Crippen LogP contribution in [0.15, 0.2) is 35.8 Å². The normalized spacial score (nSPS) is 21.2. The van der Waals surface area contributed by atoms with Crippen molar-refractivity contribution in [1.29, 1.82) is 0 Å². The van der Waals surface area contributed by atoms with Gasteiger partial charge in [0.2, 0.25) is 0 Å². The Morgan fingerprint density at radius 1 is 0.706 bits per heavy atom. The van der Waals surface area contributed by atoms with Gasteiger partial charge in [0.15, 0.2) is 0 Å². The number of rotatable bonds is 0. The molecule has 1 aliphatic heterocycles. The standard InChI is InChI=1S/C11H16S6/c1-2-4-6-8-10-12-14-16-17-15-13-11-9-7-5-3-1/h1-2,4,6,8,10H,3,5,7,9,11H2. The van der Waals surface area contributed by atoms with Gasteiger partial charge in [-0.25, -0.2) is 0 Å². The van der Waals surface area contributed by atoms with Gasteiger partial charge in [0, 0.05) is 5.75 Å². The molecule has 0 unspecified atom stereocenters. The lowest BCUT2D eigenvalue weighted by atomic mass is 10.2. The second-order valence-electron chi connectivity index (χ2n) is 3.18. The van der Waals surface area contributed by atoms with E-state index < -0.39 is 0 Å². The minimum absolute atomic E-state index is 1.21. The number of hydrogen-bond donors (Lipinski definition) is 0. The Kier molecular flexibility index (Phi) is 13.2. The van der Waals surface area contributed by atoms with Crippen molar-refractivity contribution in [2.75, 3.05) is 5.75 Å². The van der Waals surface area contributed by atoms with Crippen molar-refractivity contribution in [1.82, 2.24) is 0 Å². The predicted octanol–water partition coefficient (Wildman–Crippen LogP) is 7.16. The highest BCUT2D eigenvalue weighted by atomic mass is 33.9. The zero-order valence-corrected chi connectivity index (χ0v) is 14.3. The zero-order valence-electron chi connectivity index (χ0n) is 9.45. The highest BCUT2D eigenvalue weighted by Crippen LogP contribution is 2.52. The van der Waals surface area contributed by atoms with E-state index in [2.05, 4.69) is 35.8 Å². The van der Waals surface area contributed by atoms with Crippen molar-refractivity contribution in [3.63, 3.8) is 0 Å². The maximum absolute atomic E-state index is 2.26. The Hall–Kier alpha value is 1.32. The molecule has 0 nitrogen and oxygen atoms in total. The van der Waals surface area contributed by atoms with Gasteiger partial charge in [-0.3, -0.25) is 0 Å². The monoisotopic (exact) mass is 340 g/mol. The first-order chi connectivity index (χ1) is 8.50. The van der Waals surface area contributed by atoms with E-state index >= 15 is 0 Å². The SMILES string of the molecule is C1=CC=CSSSSSSCCCCCC=C1. The fourth-order valence-corrected chi connectivity index (χ4v) is 11.9. The third-order valence-electron chi connectivity index (χ3n) is 1.87. The maximum atomic E-state index is 2.26. The summed E-state index contributed by atoms with van der Waals surface area (Å²) in [5, 5.41) is 2.12. The maximum Gasteiger partial charge on any atom is 0.00454 e. The molecule has 0 aromatic heterocycles. The average Bonchev–Trinajstić information content (AvgIpc) is 2.35. The molecular weight excluding hydrogens is 325 g/mol. The number of allylic oxidation sites excluding steroid dienone is 5. The van der Waals surface area contributed by atoms with Crippen LogP contribution in [0.1, 0.15) is 25.7 Å². The van der Waals surface area contributed by atoms with Crippen LogP contribution < -0.4 is 0 Å². The van der Waals surface area contributed by atoms with Crippen LogP contribution in [0.25, 0.3) is 0 Å². The topological polar surface area (TPSA) is 0 Å². The molecule has 96 valence electrons. The molecule has 0 saturated carbocycles. The third kappa shape index (κ3) is 12.1. The first kappa shape index (κ1) is 16.4. The summed E-state index contributed by atoms with van der Waals surface area (Å²) in [7, 11) is 11.2. The summed E-state index contributed by atoms with van der Waals surface area (Å²) >= 11 is 0. The van der Waals surface area contributed by atoms with Gasteiger partial charge in [-0.2, -0.15) is 0 Å². The molecular formula is C11H16S6. The summed E-state index contributed by atoms with van der Waals surface area (Å²) in [4.78, 5) is 0. The third-order valence-corrected chi connectivity index (χ3v) is 12.4. The Morgan fingerprint density at radius 2 is 1.59 bits per heavy atom. The van der Waals surface area contributed by atoms with Gasteiger partial charge in [0.1, 0.15) is 0 Å². The Bertz CT molecular complexity index is 224. The minimum Gasteiger partial charge on any atom is -0.0845 e. The second-order valence-corrected chi connectivity index (χ2v) is 12.7. The van der Waals surface area contributed by atoms with E-state index in [1.165, 1.54) is 31.4 Å². The molecule has 0 bridgehead atoms. The van der Waals surface area contributed by atoms with E-state index in [-0.39, 0.29) is 0 Å². The van der Waals surface area contributed by atoms with Gasteiger partial charge >= 0.3 is 0 Å². The molecule has 0 N–H and O–H groups in total. The molecule has 0 fully saturated rings. The molecule has 0 saturated heterocycles. The summed E-state index contributed by atoms with van der Waals surface area (Å²) in [5.41, 5.74) is 0. The smallest absolute Gasteiger partial charge is 0.00454 e. The van der Waals surface area contributed by atoms with Crippen molar-refractivity contribution in [2.24, 2.45) is 0 Å². The minimum atomic E-state index is 1.21. The molecule has 0 spiro atoms. The summed E-state index contributed by atoms with van der Waals surface area (Å²) in [6, 6.07) is 0. The van der Waals surface area contributed by atoms with Crippen molar-refractivity contribution in [3.05, 3.63) is 35.8 Å². The lowest BCUT2D eigenvalue weighted by Gasteiger charge is -1.99. The fourth-order valence-electron chi connectivity index (χ4n) is 1.10. The van der Waals surface area contributed by atoms with Crippen molar-refractivity contribution < 1.29 is 0 Å². The van der Waals surface area contributed by atoms with Crippen LogP contribution in [-0.4, -0.2) is 5.75 Å². The van der Waals surface area contributed by atoms with Crippen LogP contribution >= 0.6 is 60.9 Å². The van der Waals surface area contributed by atoms with Crippen molar-refractivity contribution in [3.8, 4) is 0 Å². The lowest BCUT2D eigenvalue weighted by molar-refractivity contribution is 0.735. The summed E-state index contributed by atoms with van der Waals surface area (Å²) in [5.74, 6) is 1.28. The van der Waals surface area contributed by atoms with E-state index in [1.807, 2.05) is 50.1 Å². The zero-order chi connectivity index (χ0) is 12.0. The highest BCUT2D eigenvalue weighted by Gasteiger charge is 1.94. The molecule has 1 heterocycles. The molecule has 0 aromatic rings. The summed E-state index contributed by atoms with van der Waals surface area (Å²) in [6.07, 6.45) is 15.9. The van der Waals surface area contributed by atoms with E-state index in [0.717, 1.165) is 0 Å². The highest BCUT2D eigenvalue weighted by molar-refractivity contribution is 9.42. The van der Waals surface area contributed by atoms with E-state index in [0.29, 0.717) is 0 Å². The Balaban J connectivity index is 2.22. The van der Waals surface area contributed by atoms with Crippen LogP contribution in [0.5, 0.6) is 0 Å². The number of hydrogen-bond acceptors (Lipinski definition) is 6. The van der Waals surface area contributed by atoms with Gasteiger partial charge in [-0.05, 0) is 64.0 Å². The van der Waals surface area contributed by atoms with Gasteiger partial charge < -0.3 is 0 Å². The van der Waals surface area contributed by atoms with Crippen LogP contribution in [0, 0.1) is 0 Å². The Morgan fingerprint density at radius 3 is 2.59 bits per heavy atom. The van der Waals surface area contributed by atoms with Gasteiger partial charge in [0.25, 0.3) is 0 Å². The van der Waals surface area contributed by atoms with Crippen molar-refractivity contribution >= 4 is 60.9 Å². The molecule has 0 aliphatic carbocycles. The second kappa shape index (κ2) is 13.7. The first-order valence-corrected chi connectivity index (χ1v) is 13.1. The van der Waals surface area contributed by atoms with Crippen LogP contribution in [0.2, 0.25) is 0 Å². The molecule has 0 aromatic carbocycles. The molecule has 17 heavy (non-hydrogen) atoms. The summed E-state index contributed by atoms with van der Waals surface area (Å²) in [6.45, 7) is 0. The first-order valence-electron chi connectivity index (χ1n) is 5.43. The van der Waals surface area contributed by atoms with Crippen LogP contribution in [-0.2, 0) is 0 Å². The van der Waals surface area contributed by atoms with Gasteiger partial charge in [-0.1, -0.05) is 58.4 Å². The Labute approximate surface area is 127 Å². The lowest BCUT2D eigenvalue weighted by Crippen LogP contribution is -1.77. The van der Waals surface area contributed by atoms with Crippen LogP contribution in [0.4, 0.5) is 0 Å². The molecule has 6 heteroatoms. The molecule has 1 rings (SSSR count). The quantitative estimate of drug-likeness (QED) is 0.426. The molecule has 0 atom stereocenters. The van der Waals surface area contributed by atoms with E-state index in [9.17, 15) is 0 Å². The van der Waals surface area contributed by atoms with Crippen LogP contribution in [0.3, 0.4) is 0 Å². The van der Waals surface area contributed by atoms with E-state index in [1.54, 1.807) is 10.8 Å². The van der Waals surface area contributed by atoms with Crippen molar-refractivity contribution in [2.45, 2.75) is 25.7 Å². The molecule has 0 amide bonds. The largest absolute Gasteiger partial charge is 0.0845 e. The van der Waals surface area contributed by atoms with E-state index in [4.69, 9.17) is 0 Å². The molecule has 1 aliphatic rings.